The van der Waals surface area contributed by atoms with Gasteiger partial charge in [-0.3, -0.25) is 9.78 Å². The Labute approximate surface area is 115 Å². The van der Waals surface area contributed by atoms with Crippen LogP contribution in [0.1, 0.15) is 23.6 Å². The fourth-order valence-electron chi connectivity index (χ4n) is 2.40. The van der Waals surface area contributed by atoms with Gasteiger partial charge in [0.15, 0.2) is 0 Å². The van der Waals surface area contributed by atoms with Crippen molar-refractivity contribution >= 4 is 16.9 Å². The molecule has 0 aliphatic rings. The van der Waals surface area contributed by atoms with Gasteiger partial charge in [0, 0.05) is 28.8 Å². The number of aliphatic carboxylic acids is 1. The Morgan fingerprint density at radius 3 is 2.75 bits per heavy atom. The first-order chi connectivity index (χ1) is 9.75. The molecule has 1 aromatic carbocycles. The number of aromatic nitrogens is 1. The number of rotatable bonds is 4. The summed E-state index contributed by atoms with van der Waals surface area (Å²) in [6, 6.07) is 13.1. The highest BCUT2D eigenvalue weighted by Crippen LogP contribution is 2.33. The number of nitrogens with zero attached hydrogens (tertiary/aromatic N) is 1. The lowest BCUT2D eigenvalue weighted by atomic mass is 9.92. The van der Waals surface area contributed by atoms with E-state index in [9.17, 15) is 4.79 Å². The monoisotopic (exact) mass is 267 g/mol. The number of hydrogen-bond acceptors (Lipinski definition) is 3. The maximum absolute atomic E-state index is 11.2. The minimum absolute atomic E-state index is 0.0134. The minimum atomic E-state index is -0.856. The minimum Gasteiger partial charge on any atom is -0.481 e. The van der Waals surface area contributed by atoms with Crippen molar-refractivity contribution in [2.45, 2.75) is 12.3 Å². The molecule has 0 aliphatic heterocycles. The summed E-state index contributed by atoms with van der Waals surface area (Å²) in [5.41, 5.74) is 2.36. The van der Waals surface area contributed by atoms with E-state index in [0.717, 1.165) is 22.2 Å². The van der Waals surface area contributed by atoms with Crippen LogP contribution in [0.15, 0.2) is 59.3 Å². The number of carbonyl (C=O) groups is 1. The number of hydrogen-bond donors (Lipinski definition) is 1. The van der Waals surface area contributed by atoms with Crippen LogP contribution in [-0.4, -0.2) is 16.1 Å². The van der Waals surface area contributed by atoms with Crippen molar-refractivity contribution in [3.63, 3.8) is 0 Å². The van der Waals surface area contributed by atoms with Gasteiger partial charge in [-0.15, -0.1) is 0 Å². The Kier molecular flexibility index (Phi) is 3.21. The Hall–Kier alpha value is -2.62. The lowest BCUT2D eigenvalue weighted by molar-refractivity contribution is -0.137. The molecule has 3 rings (SSSR count). The van der Waals surface area contributed by atoms with E-state index >= 15 is 0 Å². The van der Waals surface area contributed by atoms with Gasteiger partial charge in [0.05, 0.1) is 12.7 Å². The number of pyridine rings is 1. The molecule has 2 aromatic heterocycles. The average Bonchev–Trinajstić information content (AvgIpc) is 2.89. The molecule has 1 N–H and O–H groups in total. The van der Waals surface area contributed by atoms with Crippen molar-refractivity contribution < 1.29 is 14.3 Å². The molecule has 0 saturated carbocycles. The predicted molar refractivity (Wildman–Crippen MR) is 74.5 cm³/mol. The molecule has 100 valence electrons. The molecule has 4 nitrogen and oxygen atoms in total. The van der Waals surface area contributed by atoms with Crippen molar-refractivity contribution in [2.24, 2.45) is 0 Å². The number of benzene rings is 1. The van der Waals surface area contributed by atoms with Gasteiger partial charge >= 0.3 is 5.97 Å². The van der Waals surface area contributed by atoms with E-state index < -0.39 is 5.97 Å². The number of para-hydroxylation sites is 1. The van der Waals surface area contributed by atoms with E-state index in [1.54, 1.807) is 12.5 Å². The normalized spacial score (nSPS) is 12.4. The van der Waals surface area contributed by atoms with Crippen LogP contribution < -0.4 is 0 Å². The van der Waals surface area contributed by atoms with Gasteiger partial charge in [0.1, 0.15) is 5.58 Å². The van der Waals surface area contributed by atoms with Gasteiger partial charge in [-0.05, 0) is 18.2 Å². The van der Waals surface area contributed by atoms with Gasteiger partial charge in [0.25, 0.3) is 0 Å². The van der Waals surface area contributed by atoms with Gasteiger partial charge < -0.3 is 9.52 Å². The first-order valence-corrected chi connectivity index (χ1v) is 6.34. The molecule has 0 bridgehead atoms. The molecule has 0 spiro atoms. The quantitative estimate of drug-likeness (QED) is 0.786. The smallest absolute Gasteiger partial charge is 0.304 e. The van der Waals surface area contributed by atoms with Crippen LogP contribution >= 0.6 is 0 Å². The first kappa shape index (κ1) is 12.4. The molecule has 4 heteroatoms. The van der Waals surface area contributed by atoms with Crippen LogP contribution in [0.25, 0.3) is 11.0 Å². The van der Waals surface area contributed by atoms with Crippen molar-refractivity contribution in [1.29, 1.82) is 0 Å². The summed E-state index contributed by atoms with van der Waals surface area (Å²) in [6.45, 7) is 0. The van der Waals surface area contributed by atoms with Crippen LogP contribution in [0.3, 0.4) is 0 Å². The average molecular weight is 267 g/mol. The third kappa shape index (κ3) is 2.28. The Morgan fingerprint density at radius 1 is 1.20 bits per heavy atom. The van der Waals surface area contributed by atoms with Crippen LogP contribution in [0.5, 0.6) is 0 Å². The van der Waals surface area contributed by atoms with E-state index in [0.29, 0.717) is 0 Å². The van der Waals surface area contributed by atoms with Gasteiger partial charge in [-0.1, -0.05) is 24.3 Å². The van der Waals surface area contributed by atoms with Gasteiger partial charge in [0.2, 0.25) is 0 Å². The molecule has 0 fully saturated rings. The molecule has 0 aliphatic carbocycles. The highest BCUT2D eigenvalue weighted by atomic mass is 16.4. The van der Waals surface area contributed by atoms with E-state index in [4.69, 9.17) is 9.52 Å². The number of carboxylic acid groups (broad SMARTS) is 1. The molecule has 1 unspecified atom stereocenters. The van der Waals surface area contributed by atoms with E-state index in [1.807, 2.05) is 42.5 Å². The van der Waals surface area contributed by atoms with Crippen molar-refractivity contribution in [1.82, 2.24) is 4.98 Å². The first-order valence-electron chi connectivity index (χ1n) is 6.34. The number of carboxylic acids is 1. The van der Waals surface area contributed by atoms with E-state index in [-0.39, 0.29) is 12.3 Å². The third-order valence-electron chi connectivity index (χ3n) is 3.31. The summed E-state index contributed by atoms with van der Waals surface area (Å²) in [5.74, 6) is -1.16. The molecule has 1 atom stereocenters. The third-order valence-corrected chi connectivity index (χ3v) is 3.31. The zero-order valence-corrected chi connectivity index (χ0v) is 10.7. The maximum atomic E-state index is 11.2. The zero-order chi connectivity index (χ0) is 13.9. The molecular formula is C16H13NO3. The summed E-state index contributed by atoms with van der Waals surface area (Å²) in [5, 5.41) is 10.1. The van der Waals surface area contributed by atoms with E-state index in [2.05, 4.69) is 4.98 Å². The number of furan rings is 1. The summed E-state index contributed by atoms with van der Waals surface area (Å²) in [6.07, 6.45) is 3.29. The Bertz CT molecular complexity index is 734. The van der Waals surface area contributed by atoms with Crippen LogP contribution in [0.2, 0.25) is 0 Å². The fraction of sp³-hybridized carbons (Fsp3) is 0.125. The Morgan fingerprint density at radius 2 is 2.00 bits per heavy atom. The van der Waals surface area contributed by atoms with Crippen LogP contribution in [0, 0.1) is 0 Å². The predicted octanol–water partition coefficient (Wildman–Crippen LogP) is 3.43. The molecule has 0 saturated heterocycles. The van der Waals surface area contributed by atoms with Crippen LogP contribution in [-0.2, 0) is 4.79 Å². The summed E-state index contributed by atoms with van der Waals surface area (Å²) < 4.78 is 5.51. The van der Waals surface area contributed by atoms with E-state index in [1.165, 1.54) is 0 Å². The second kappa shape index (κ2) is 5.17. The van der Waals surface area contributed by atoms with Gasteiger partial charge in [-0.25, -0.2) is 0 Å². The van der Waals surface area contributed by atoms with Crippen molar-refractivity contribution in [3.05, 3.63) is 66.2 Å². The lowest BCUT2D eigenvalue weighted by Gasteiger charge is -2.13. The highest BCUT2D eigenvalue weighted by molar-refractivity contribution is 5.83. The SMILES string of the molecule is O=C(O)CC(c1ccccn1)c1coc2ccccc12. The standard InChI is InChI=1S/C16H13NO3/c18-16(19)9-12(14-6-3-4-8-17-14)13-10-20-15-7-2-1-5-11(13)15/h1-8,10,12H,9H2,(H,18,19). The van der Waals surface area contributed by atoms with Crippen molar-refractivity contribution in [2.75, 3.05) is 0 Å². The summed E-state index contributed by atoms with van der Waals surface area (Å²) in [4.78, 5) is 15.4. The lowest BCUT2D eigenvalue weighted by Crippen LogP contribution is -2.09. The summed E-state index contributed by atoms with van der Waals surface area (Å²) >= 11 is 0. The highest BCUT2D eigenvalue weighted by Gasteiger charge is 2.22. The second-order valence-corrected chi connectivity index (χ2v) is 4.59. The molecule has 0 radical (unpaired) electrons. The van der Waals surface area contributed by atoms with Crippen LogP contribution in [0.4, 0.5) is 0 Å². The van der Waals surface area contributed by atoms with Crippen molar-refractivity contribution in [3.8, 4) is 0 Å². The maximum Gasteiger partial charge on any atom is 0.304 e. The topological polar surface area (TPSA) is 63.3 Å². The second-order valence-electron chi connectivity index (χ2n) is 4.59. The molecule has 20 heavy (non-hydrogen) atoms. The molecule has 0 amide bonds. The Balaban J connectivity index is 2.12. The van der Waals surface area contributed by atoms with Gasteiger partial charge in [-0.2, -0.15) is 0 Å². The number of fused-ring (bicyclic) bond motifs is 1. The molecular weight excluding hydrogens is 254 g/mol. The molecule has 2 heterocycles. The zero-order valence-electron chi connectivity index (χ0n) is 10.7. The fourth-order valence-corrected chi connectivity index (χ4v) is 2.40. The molecule has 3 aromatic rings. The summed E-state index contributed by atoms with van der Waals surface area (Å²) in [7, 11) is 0. The largest absolute Gasteiger partial charge is 0.481 e.